The molecular weight excluding hydrogens is 318 g/mol. The molecule has 23 heavy (non-hydrogen) atoms. The number of anilines is 1. The lowest BCUT2D eigenvalue weighted by Gasteiger charge is -2.20. The first-order valence-electron chi connectivity index (χ1n) is 7.28. The van der Waals surface area contributed by atoms with E-state index in [1.807, 2.05) is 0 Å². The number of fused-ring (bicyclic) bond motifs is 1. The van der Waals surface area contributed by atoms with E-state index in [4.69, 9.17) is 0 Å². The molecule has 2 N–H and O–H groups in total. The van der Waals surface area contributed by atoms with E-state index >= 15 is 0 Å². The molecule has 0 unspecified atom stereocenters. The van der Waals surface area contributed by atoms with E-state index in [1.54, 1.807) is 25.4 Å². The van der Waals surface area contributed by atoms with Gasteiger partial charge in [-0.3, -0.25) is 9.40 Å². The van der Waals surface area contributed by atoms with Gasteiger partial charge in [-0.25, -0.2) is 13.2 Å². The van der Waals surface area contributed by atoms with E-state index in [9.17, 15) is 18.3 Å². The number of nitrogens with zero attached hydrogens (tertiary/aromatic N) is 2. The third-order valence-corrected chi connectivity index (χ3v) is 5.33. The molecule has 0 fully saturated rings. The molecule has 0 saturated heterocycles. The van der Waals surface area contributed by atoms with Crippen molar-refractivity contribution in [1.82, 2.24) is 9.78 Å². The van der Waals surface area contributed by atoms with E-state index in [0.29, 0.717) is 18.4 Å². The van der Waals surface area contributed by atoms with E-state index in [0.717, 1.165) is 18.4 Å². The van der Waals surface area contributed by atoms with Gasteiger partial charge in [0.2, 0.25) is 0 Å². The summed E-state index contributed by atoms with van der Waals surface area (Å²) in [5, 5.41) is 13.2. The molecule has 0 atom stereocenters. The van der Waals surface area contributed by atoms with Crippen LogP contribution in [0.2, 0.25) is 0 Å². The molecule has 0 spiro atoms. The van der Waals surface area contributed by atoms with Gasteiger partial charge >= 0.3 is 5.97 Å². The molecule has 8 heteroatoms. The molecule has 2 aromatic rings. The van der Waals surface area contributed by atoms with Gasteiger partial charge in [0.25, 0.3) is 10.0 Å². The van der Waals surface area contributed by atoms with Crippen LogP contribution in [0.15, 0.2) is 29.3 Å². The molecule has 1 aliphatic carbocycles. The van der Waals surface area contributed by atoms with Crippen LogP contribution in [0.1, 0.15) is 34.3 Å². The Morgan fingerprint density at radius 1 is 1.30 bits per heavy atom. The van der Waals surface area contributed by atoms with E-state index < -0.39 is 16.0 Å². The molecule has 0 amide bonds. The van der Waals surface area contributed by atoms with Crippen molar-refractivity contribution in [2.45, 2.75) is 30.6 Å². The molecule has 0 bridgehead atoms. The number of benzene rings is 1. The van der Waals surface area contributed by atoms with E-state index in [1.165, 1.54) is 10.7 Å². The third kappa shape index (κ3) is 3.07. The number of aryl methyl sites for hydroxylation is 2. The summed E-state index contributed by atoms with van der Waals surface area (Å²) in [5.41, 5.74) is 1.51. The number of sulfonamides is 1. The molecule has 0 radical (unpaired) electrons. The zero-order valence-electron chi connectivity index (χ0n) is 12.6. The first-order chi connectivity index (χ1) is 10.9. The average molecular weight is 335 g/mol. The summed E-state index contributed by atoms with van der Waals surface area (Å²) in [6, 6.07) is 4.36. The van der Waals surface area contributed by atoms with Crippen LogP contribution in [-0.4, -0.2) is 29.3 Å². The Hall–Kier alpha value is -2.35. The first kappa shape index (κ1) is 15.5. The fraction of sp³-hybridized carbons (Fsp3) is 0.333. The van der Waals surface area contributed by atoms with Gasteiger partial charge in [0.05, 0.1) is 10.5 Å². The van der Waals surface area contributed by atoms with Crippen LogP contribution in [0, 0.1) is 0 Å². The number of carboxylic acid groups (broad SMARTS) is 1. The van der Waals surface area contributed by atoms with Crippen LogP contribution in [0.25, 0.3) is 0 Å². The summed E-state index contributed by atoms with van der Waals surface area (Å²) >= 11 is 0. The van der Waals surface area contributed by atoms with Crippen LogP contribution in [0.4, 0.5) is 5.82 Å². The summed E-state index contributed by atoms with van der Waals surface area (Å²) in [6.45, 7) is 0. The normalized spacial score (nSPS) is 14.3. The SMILES string of the molecule is Cn1ccc(NS(=O)(=O)c2cc(C(=O)O)cc3c2CCCC3)n1. The molecule has 1 heterocycles. The highest BCUT2D eigenvalue weighted by atomic mass is 32.2. The van der Waals surface area contributed by atoms with Crippen molar-refractivity contribution in [3.63, 3.8) is 0 Å². The number of carboxylic acids is 1. The fourth-order valence-corrected chi connectivity index (χ4v) is 4.19. The highest BCUT2D eigenvalue weighted by Gasteiger charge is 2.25. The maximum atomic E-state index is 12.7. The van der Waals surface area contributed by atoms with Gasteiger partial charge in [-0.1, -0.05) is 0 Å². The lowest BCUT2D eigenvalue weighted by molar-refractivity contribution is 0.0696. The van der Waals surface area contributed by atoms with Gasteiger partial charge in [-0.05, 0) is 48.9 Å². The van der Waals surface area contributed by atoms with Crippen molar-refractivity contribution in [3.8, 4) is 0 Å². The van der Waals surface area contributed by atoms with Crippen molar-refractivity contribution < 1.29 is 18.3 Å². The van der Waals surface area contributed by atoms with Gasteiger partial charge < -0.3 is 5.11 Å². The summed E-state index contributed by atoms with van der Waals surface area (Å²) in [6.07, 6.45) is 4.78. The van der Waals surface area contributed by atoms with Crippen molar-refractivity contribution in [2.75, 3.05) is 4.72 Å². The van der Waals surface area contributed by atoms with Crippen molar-refractivity contribution in [1.29, 1.82) is 0 Å². The first-order valence-corrected chi connectivity index (χ1v) is 8.77. The van der Waals surface area contributed by atoms with Crippen LogP contribution >= 0.6 is 0 Å². The molecule has 3 rings (SSSR count). The maximum absolute atomic E-state index is 12.7. The van der Waals surface area contributed by atoms with Crippen molar-refractivity contribution >= 4 is 21.8 Å². The molecular formula is C15H17N3O4S. The molecule has 7 nitrogen and oxygen atoms in total. The lowest BCUT2D eigenvalue weighted by Crippen LogP contribution is -2.19. The molecule has 0 saturated carbocycles. The minimum atomic E-state index is -3.89. The summed E-state index contributed by atoms with van der Waals surface area (Å²) < 4.78 is 29.3. The Morgan fingerprint density at radius 2 is 2.04 bits per heavy atom. The predicted octanol–water partition coefficient (Wildman–Crippen LogP) is 1.80. The Labute approximate surface area is 134 Å². The number of hydrogen-bond donors (Lipinski definition) is 2. The molecule has 122 valence electrons. The Bertz CT molecular complexity index is 871. The Morgan fingerprint density at radius 3 is 2.70 bits per heavy atom. The second kappa shape index (κ2) is 5.69. The smallest absolute Gasteiger partial charge is 0.335 e. The van der Waals surface area contributed by atoms with E-state index in [2.05, 4.69) is 9.82 Å². The average Bonchev–Trinajstić information content (AvgIpc) is 2.90. The number of rotatable bonds is 4. The zero-order valence-corrected chi connectivity index (χ0v) is 13.4. The van der Waals surface area contributed by atoms with Crippen LogP contribution < -0.4 is 4.72 Å². The molecule has 1 aromatic heterocycles. The summed E-state index contributed by atoms with van der Waals surface area (Å²) in [7, 11) is -2.20. The van der Waals surface area contributed by atoms with Crippen LogP contribution in [0.3, 0.4) is 0 Å². The summed E-state index contributed by atoms with van der Waals surface area (Å²) in [4.78, 5) is 11.3. The largest absolute Gasteiger partial charge is 0.478 e. The lowest BCUT2D eigenvalue weighted by atomic mass is 9.90. The van der Waals surface area contributed by atoms with Crippen LogP contribution in [-0.2, 0) is 29.9 Å². The highest BCUT2D eigenvalue weighted by molar-refractivity contribution is 7.92. The minimum Gasteiger partial charge on any atom is -0.478 e. The van der Waals surface area contributed by atoms with Gasteiger partial charge in [0.1, 0.15) is 0 Å². The molecule has 0 aliphatic heterocycles. The standard InChI is InChI=1S/C15H17N3O4S/c1-18-7-6-14(16-18)17-23(21,22)13-9-11(15(19)20)8-10-4-2-3-5-12(10)13/h6-9H,2-5H2,1H3,(H,16,17)(H,19,20). The quantitative estimate of drug-likeness (QED) is 0.887. The van der Waals surface area contributed by atoms with Gasteiger partial charge in [0, 0.05) is 19.3 Å². The molecule has 1 aliphatic rings. The Balaban J connectivity index is 2.09. The summed E-state index contributed by atoms with van der Waals surface area (Å²) in [5.74, 6) is -0.926. The monoisotopic (exact) mass is 335 g/mol. The number of carbonyl (C=O) groups is 1. The Kier molecular flexibility index (Phi) is 3.85. The van der Waals surface area contributed by atoms with Crippen molar-refractivity contribution in [3.05, 3.63) is 41.1 Å². The van der Waals surface area contributed by atoms with E-state index in [-0.39, 0.29) is 16.3 Å². The molecule has 1 aromatic carbocycles. The van der Waals surface area contributed by atoms with Crippen molar-refractivity contribution in [2.24, 2.45) is 7.05 Å². The van der Waals surface area contributed by atoms with Crippen LogP contribution in [0.5, 0.6) is 0 Å². The third-order valence-electron chi connectivity index (χ3n) is 3.91. The topological polar surface area (TPSA) is 101 Å². The second-order valence-corrected chi connectivity index (χ2v) is 7.26. The number of nitrogens with one attached hydrogen (secondary N) is 1. The highest BCUT2D eigenvalue weighted by Crippen LogP contribution is 2.30. The second-order valence-electron chi connectivity index (χ2n) is 5.60. The maximum Gasteiger partial charge on any atom is 0.335 e. The zero-order chi connectivity index (χ0) is 16.6. The predicted molar refractivity (Wildman–Crippen MR) is 84.1 cm³/mol. The minimum absolute atomic E-state index is 0.00736. The fourth-order valence-electron chi connectivity index (χ4n) is 2.85. The number of aromatic nitrogens is 2. The number of aromatic carboxylic acids is 1. The van der Waals surface area contributed by atoms with Gasteiger partial charge in [0.15, 0.2) is 5.82 Å². The van der Waals surface area contributed by atoms with Gasteiger partial charge in [-0.15, -0.1) is 0 Å². The van der Waals surface area contributed by atoms with Gasteiger partial charge in [-0.2, -0.15) is 5.10 Å². The number of hydrogen-bond acceptors (Lipinski definition) is 4.